The maximum absolute atomic E-state index is 11.0. The lowest BCUT2D eigenvalue weighted by molar-refractivity contribution is -0.132. The zero-order valence-corrected chi connectivity index (χ0v) is 15.4. The van der Waals surface area contributed by atoms with E-state index in [0.29, 0.717) is 34.4 Å². The molecule has 0 amide bonds. The van der Waals surface area contributed by atoms with Gasteiger partial charge in [-0.2, -0.15) is 5.26 Å². The Balaban J connectivity index is 2.05. The van der Waals surface area contributed by atoms with Gasteiger partial charge in [0, 0.05) is 10.6 Å². The van der Waals surface area contributed by atoms with Crippen LogP contribution >= 0.6 is 11.6 Å². The van der Waals surface area contributed by atoms with E-state index in [4.69, 9.17) is 36.2 Å². The molecule has 0 saturated carbocycles. The number of carboxylic acids is 1. The highest BCUT2D eigenvalue weighted by molar-refractivity contribution is 6.30. The summed E-state index contributed by atoms with van der Waals surface area (Å²) < 4.78 is 16.8. The summed E-state index contributed by atoms with van der Waals surface area (Å²) in [7, 11) is 0. The minimum Gasteiger partial charge on any atom is -0.490 e. The molecule has 7 heteroatoms. The highest BCUT2D eigenvalue weighted by Gasteiger charge is 2.10. The minimum atomic E-state index is -1.32. The number of rotatable bonds is 9. The maximum atomic E-state index is 11.0. The minimum absolute atomic E-state index is 0.206. The quantitative estimate of drug-likeness (QED) is 0.394. The van der Waals surface area contributed by atoms with E-state index < -0.39 is 11.5 Å². The van der Waals surface area contributed by atoms with Gasteiger partial charge in [0.15, 0.2) is 11.5 Å². The largest absolute Gasteiger partial charge is 0.490 e. The van der Waals surface area contributed by atoms with E-state index in [9.17, 15) is 4.79 Å². The molecule has 0 radical (unpaired) electrons. The van der Waals surface area contributed by atoms with Gasteiger partial charge in [0.1, 0.15) is 30.6 Å². The Morgan fingerprint density at radius 1 is 1.11 bits per heavy atom. The van der Waals surface area contributed by atoms with Gasteiger partial charge in [-0.25, -0.2) is 4.79 Å². The van der Waals surface area contributed by atoms with Crippen molar-refractivity contribution >= 4 is 23.6 Å². The summed E-state index contributed by atoms with van der Waals surface area (Å²) >= 11 is 5.96. The van der Waals surface area contributed by atoms with Crippen LogP contribution in [0.5, 0.6) is 17.2 Å². The standard InChI is InChI=1S/C20H18ClNO5/c1-2-25-18-5-3-4-6-19(18)27-10-9-26-17-8-7-16(21)12-14(17)11-15(13-22)20(23)24/h3-8,11-12H,2,9-10H2,1H3,(H,23,24). The van der Waals surface area contributed by atoms with Crippen LogP contribution in [-0.2, 0) is 4.79 Å². The second kappa shape index (κ2) is 10.1. The molecule has 0 aliphatic rings. The van der Waals surface area contributed by atoms with Crippen LogP contribution in [0, 0.1) is 11.3 Å². The fraction of sp³-hybridized carbons (Fsp3) is 0.200. The molecule has 140 valence electrons. The van der Waals surface area contributed by atoms with Gasteiger partial charge in [-0.1, -0.05) is 23.7 Å². The van der Waals surface area contributed by atoms with Crippen LogP contribution in [0.3, 0.4) is 0 Å². The lowest BCUT2D eigenvalue weighted by Crippen LogP contribution is -2.10. The molecule has 27 heavy (non-hydrogen) atoms. The number of carbonyl (C=O) groups is 1. The number of para-hydroxylation sites is 2. The van der Waals surface area contributed by atoms with Crippen molar-refractivity contribution in [1.29, 1.82) is 5.26 Å². The lowest BCUT2D eigenvalue weighted by Gasteiger charge is -2.13. The summed E-state index contributed by atoms with van der Waals surface area (Å²) in [6.45, 7) is 2.88. The lowest BCUT2D eigenvalue weighted by atomic mass is 10.1. The Labute approximate surface area is 162 Å². The molecule has 0 aromatic heterocycles. The molecule has 0 saturated heterocycles. The third kappa shape index (κ3) is 5.94. The average molecular weight is 388 g/mol. The zero-order valence-electron chi connectivity index (χ0n) is 14.6. The molecule has 6 nitrogen and oxygen atoms in total. The van der Waals surface area contributed by atoms with E-state index in [1.807, 2.05) is 25.1 Å². The van der Waals surface area contributed by atoms with Gasteiger partial charge in [0.25, 0.3) is 0 Å². The normalized spacial score (nSPS) is 10.8. The van der Waals surface area contributed by atoms with Crippen LogP contribution in [0.2, 0.25) is 5.02 Å². The first kappa shape index (κ1) is 20.1. The zero-order chi connectivity index (χ0) is 19.6. The summed E-state index contributed by atoms with van der Waals surface area (Å²) in [6.07, 6.45) is 1.22. The van der Waals surface area contributed by atoms with E-state index >= 15 is 0 Å². The van der Waals surface area contributed by atoms with E-state index in [0.717, 1.165) is 0 Å². The van der Waals surface area contributed by atoms with Crippen molar-refractivity contribution < 1.29 is 24.1 Å². The first-order chi connectivity index (χ1) is 13.0. The summed E-state index contributed by atoms with van der Waals surface area (Å²) in [5.74, 6) is 0.335. The van der Waals surface area contributed by atoms with Crippen LogP contribution in [0.15, 0.2) is 48.0 Å². The van der Waals surface area contributed by atoms with Crippen molar-refractivity contribution in [3.05, 3.63) is 58.6 Å². The van der Waals surface area contributed by atoms with Gasteiger partial charge in [0.2, 0.25) is 0 Å². The molecule has 0 aliphatic carbocycles. The van der Waals surface area contributed by atoms with E-state index in [2.05, 4.69) is 0 Å². The number of halogens is 1. The van der Waals surface area contributed by atoms with Gasteiger partial charge in [0.05, 0.1) is 6.61 Å². The van der Waals surface area contributed by atoms with Crippen LogP contribution < -0.4 is 14.2 Å². The van der Waals surface area contributed by atoms with Crippen molar-refractivity contribution in [2.75, 3.05) is 19.8 Å². The molecule has 2 rings (SSSR count). The maximum Gasteiger partial charge on any atom is 0.346 e. The van der Waals surface area contributed by atoms with Gasteiger partial charge in [-0.15, -0.1) is 0 Å². The predicted octanol–water partition coefficient (Wildman–Crippen LogP) is 4.19. The number of ether oxygens (including phenoxy) is 3. The Hall–Kier alpha value is -3.17. The highest BCUT2D eigenvalue weighted by Crippen LogP contribution is 2.27. The van der Waals surface area contributed by atoms with E-state index in [1.165, 1.54) is 12.1 Å². The van der Waals surface area contributed by atoms with Crippen molar-refractivity contribution in [2.24, 2.45) is 0 Å². The molecular formula is C20H18ClNO5. The number of nitrogens with zero attached hydrogens (tertiary/aromatic N) is 1. The summed E-state index contributed by atoms with van der Waals surface area (Å²) in [4.78, 5) is 11.0. The molecule has 0 fully saturated rings. The van der Waals surface area contributed by atoms with Crippen LogP contribution in [-0.4, -0.2) is 30.9 Å². The molecule has 0 aliphatic heterocycles. The second-order valence-corrected chi connectivity index (χ2v) is 5.67. The monoisotopic (exact) mass is 387 g/mol. The molecule has 0 atom stereocenters. The summed E-state index contributed by atoms with van der Waals surface area (Å²) in [5.41, 5.74) is -0.0137. The van der Waals surface area contributed by atoms with Crippen molar-refractivity contribution in [2.45, 2.75) is 6.92 Å². The SMILES string of the molecule is CCOc1ccccc1OCCOc1ccc(Cl)cc1C=C(C#N)C(=O)O. The Morgan fingerprint density at radius 2 is 1.74 bits per heavy atom. The topological polar surface area (TPSA) is 88.8 Å². The first-order valence-corrected chi connectivity index (χ1v) is 8.55. The van der Waals surface area contributed by atoms with Crippen molar-refractivity contribution in [1.82, 2.24) is 0 Å². The van der Waals surface area contributed by atoms with Crippen LogP contribution in [0.25, 0.3) is 6.08 Å². The molecule has 0 spiro atoms. The van der Waals surface area contributed by atoms with Gasteiger partial charge >= 0.3 is 5.97 Å². The molecule has 0 unspecified atom stereocenters. The highest BCUT2D eigenvalue weighted by atomic mass is 35.5. The molecule has 2 aromatic carbocycles. The molecule has 0 bridgehead atoms. The average Bonchev–Trinajstić information content (AvgIpc) is 2.65. The Morgan fingerprint density at radius 3 is 2.33 bits per heavy atom. The number of hydrogen-bond donors (Lipinski definition) is 1. The molecule has 0 heterocycles. The fourth-order valence-electron chi connectivity index (χ4n) is 2.21. The number of carboxylic acid groups (broad SMARTS) is 1. The molecule has 2 aromatic rings. The fourth-order valence-corrected chi connectivity index (χ4v) is 2.39. The number of aliphatic carboxylic acids is 1. The summed E-state index contributed by atoms with van der Waals surface area (Å²) in [5, 5.41) is 18.3. The number of nitriles is 1. The Bertz CT molecular complexity index is 873. The molecule has 1 N–H and O–H groups in total. The van der Waals surface area contributed by atoms with E-state index in [1.54, 1.807) is 24.3 Å². The predicted molar refractivity (Wildman–Crippen MR) is 101 cm³/mol. The van der Waals surface area contributed by atoms with Crippen molar-refractivity contribution in [3.63, 3.8) is 0 Å². The first-order valence-electron chi connectivity index (χ1n) is 8.17. The number of hydrogen-bond acceptors (Lipinski definition) is 5. The van der Waals surface area contributed by atoms with E-state index in [-0.39, 0.29) is 13.2 Å². The van der Waals surface area contributed by atoms with Crippen LogP contribution in [0.4, 0.5) is 0 Å². The second-order valence-electron chi connectivity index (χ2n) is 5.23. The van der Waals surface area contributed by atoms with Gasteiger partial charge < -0.3 is 19.3 Å². The molecular weight excluding hydrogens is 370 g/mol. The smallest absolute Gasteiger partial charge is 0.346 e. The van der Waals surface area contributed by atoms with Gasteiger partial charge in [-0.3, -0.25) is 0 Å². The summed E-state index contributed by atoms with van der Waals surface area (Å²) in [6, 6.07) is 13.7. The third-order valence-corrected chi connectivity index (χ3v) is 3.61. The number of benzene rings is 2. The van der Waals surface area contributed by atoms with Gasteiger partial charge in [-0.05, 0) is 43.3 Å². The third-order valence-electron chi connectivity index (χ3n) is 3.37. The van der Waals surface area contributed by atoms with Crippen molar-refractivity contribution in [3.8, 4) is 23.3 Å². The van der Waals surface area contributed by atoms with Crippen LogP contribution in [0.1, 0.15) is 12.5 Å². The Kier molecular flexibility index (Phi) is 7.53.